The lowest BCUT2D eigenvalue weighted by atomic mass is 10.0. The Morgan fingerprint density at radius 3 is 2.38 bits per heavy atom. The molecule has 3 fully saturated rings. The van der Waals surface area contributed by atoms with E-state index in [2.05, 4.69) is 39.4 Å². The van der Waals surface area contributed by atoms with Crippen LogP contribution in [0.1, 0.15) is 12.0 Å². The Balaban J connectivity index is 1.13. The Morgan fingerprint density at radius 1 is 0.825 bits per heavy atom. The summed E-state index contributed by atoms with van der Waals surface area (Å²) in [6.07, 6.45) is 0.328. The number of benzene rings is 4. The van der Waals surface area contributed by atoms with E-state index < -0.39 is 12.2 Å². The number of imide groups is 1. The summed E-state index contributed by atoms with van der Waals surface area (Å²) in [6, 6.07) is 31.1. The topological polar surface area (TPSA) is 68.4 Å². The maximum absolute atomic E-state index is 14.0. The largest absolute Gasteiger partial charge is 0.457 e. The molecule has 0 spiro atoms. The van der Waals surface area contributed by atoms with Gasteiger partial charge < -0.3 is 14.5 Å². The van der Waals surface area contributed by atoms with Crippen molar-refractivity contribution in [2.45, 2.75) is 31.5 Å². The molecule has 3 unspecified atom stereocenters. The van der Waals surface area contributed by atoms with Crippen molar-refractivity contribution >= 4 is 28.4 Å². The van der Waals surface area contributed by atoms with Crippen molar-refractivity contribution in [1.29, 1.82) is 0 Å². The summed E-state index contributed by atoms with van der Waals surface area (Å²) in [5.74, 6) is 1.41. The van der Waals surface area contributed by atoms with Crippen LogP contribution in [0.4, 0.5) is 10.5 Å². The fourth-order valence-corrected chi connectivity index (χ4v) is 6.26. The van der Waals surface area contributed by atoms with Gasteiger partial charge in [-0.05, 0) is 59.2 Å². The molecule has 0 aromatic heterocycles. The first-order valence-corrected chi connectivity index (χ1v) is 13.7. The van der Waals surface area contributed by atoms with E-state index in [-0.39, 0.29) is 24.8 Å². The number of hydrogen-bond acceptors (Lipinski definition) is 6. The molecule has 3 atom stereocenters. The molecule has 0 radical (unpaired) electrons. The Labute approximate surface area is 233 Å². The molecule has 8 nitrogen and oxygen atoms in total. The van der Waals surface area contributed by atoms with Gasteiger partial charge >= 0.3 is 6.03 Å². The van der Waals surface area contributed by atoms with Gasteiger partial charge in [0.15, 0.2) is 0 Å². The molecule has 0 aliphatic carbocycles. The van der Waals surface area contributed by atoms with Gasteiger partial charge in [0.2, 0.25) is 0 Å². The highest BCUT2D eigenvalue weighted by molar-refractivity contribution is 6.01. The van der Waals surface area contributed by atoms with Crippen LogP contribution in [0.15, 0.2) is 97.1 Å². The van der Waals surface area contributed by atoms with Gasteiger partial charge in [-0.15, -0.1) is 0 Å². The summed E-state index contributed by atoms with van der Waals surface area (Å²) in [5, 5.41) is 5.75. The number of nitrogens with one attached hydrogen (secondary N) is 1. The standard InChI is InChI=1S/C32H31N5O3/c1-34-29-28(30(38)37(32(34)39)21-23-11-7-10-22-9-5-6-14-27(22)23)36-20-8-19-35(31(36)33-29)24-15-17-26(18-16-24)40-25-12-3-2-4-13-25/h2-7,9-18,28-29,31,33H,8,19-21H2,1H3. The molecule has 0 saturated carbocycles. The summed E-state index contributed by atoms with van der Waals surface area (Å²) in [7, 11) is 1.79. The number of likely N-dealkylation sites (N-methyl/N-ethyl adjacent to an activating group) is 1. The molecule has 3 amide bonds. The minimum Gasteiger partial charge on any atom is -0.457 e. The number of rotatable bonds is 5. The van der Waals surface area contributed by atoms with E-state index in [1.54, 1.807) is 11.9 Å². The van der Waals surface area contributed by atoms with Crippen molar-refractivity contribution < 1.29 is 14.3 Å². The van der Waals surface area contributed by atoms with Crippen molar-refractivity contribution in [1.82, 2.24) is 20.0 Å². The molecule has 4 aromatic rings. The Hall–Kier alpha value is -4.40. The molecule has 3 aliphatic rings. The molecule has 3 saturated heterocycles. The van der Waals surface area contributed by atoms with Gasteiger partial charge in [-0.3, -0.25) is 19.9 Å². The number of nitrogens with zero attached hydrogens (tertiary/aromatic N) is 4. The van der Waals surface area contributed by atoms with Crippen LogP contribution in [0.25, 0.3) is 10.8 Å². The molecule has 3 heterocycles. The van der Waals surface area contributed by atoms with E-state index in [1.807, 2.05) is 72.8 Å². The van der Waals surface area contributed by atoms with E-state index >= 15 is 0 Å². The highest BCUT2D eigenvalue weighted by Gasteiger charge is 2.56. The molecule has 0 bridgehead atoms. The Kier molecular flexibility index (Phi) is 6.14. The van der Waals surface area contributed by atoms with Crippen molar-refractivity contribution in [3.05, 3.63) is 103 Å². The van der Waals surface area contributed by atoms with Crippen molar-refractivity contribution in [3.8, 4) is 11.5 Å². The van der Waals surface area contributed by atoms with Crippen LogP contribution in [-0.2, 0) is 11.3 Å². The molecule has 202 valence electrons. The summed E-state index contributed by atoms with van der Waals surface area (Å²) >= 11 is 0. The van der Waals surface area contributed by atoms with E-state index in [4.69, 9.17) is 4.74 Å². The lowest BCUT2D eigenvalue weighted by molar-refractivity contribution is -0.139. The molecular formula is C32H31N5O3. The maximum atomic E-state index is 14.0. The number of ether oxygens (including phenoxy) is 1. The molecule has 1 N–H and O–H groups in total. The number of hydrogen-bond donors (Lipinski definition) is 1. The predicted molar refractivity (Wildman–Crippen MR) is 154 cm³/mol. The molecule has 40 heavy (non-hydrogen) atoms. The lowest BCUT2D eigenvalue weighted by Crippen LogP contribution is -2.66. The van der Waals surface area contributed by atoms with Gasteiger partial charge in [-0.25, -0.2) is 4.79 Å². The van der Waals surface area contributed by atoms with Crippen molar-refractivity contribution in [2.24, 2.45) is 0 Å². The average Bonchev–Trinajstić information content (AvgIpc) is 3.40. The zero-order valence-corrected chi connectivity index (χ0v) is 22.3. The summed E-state index contributed by atoms with van der Waals surface area (Å²) in [4.78, 5) is 35.1. The number of para-hydroxylation sites is 1. The third-order valence-electron chi connectivity index (χ3n) is 8.23. The zero-order chi connectivity index (χ0) is 27.2. The van der Waals surface area contributed by atoms with Gasteiger partial charge in [0.25, 0.3) is 5.91 Å². The fourth-order valence-electron chi connectivity index (χ4n) is 6.26. The first-order chi connectivity index (χ1) is 19.6. The van der Waals surface area contributed by atoms with E-state index in [9.17, 15) is 9.59 Å². The van der Waals surface area contributed by atoms with Crippen LogP contribution < -0.4 is 15.0 Å². The Bertz CT molecular complexity index is 1550. The quantitative estimate of drug-likeness (QED) is 0.397. The monoisotopic (exact) mass is 533 g/mol. The first kappa shape index (κ1) is 24.6. The molecule has 7 rings (SSSR count). The number of carbonyl (C=O) groups excluding carboxylic acids is 2. The molecular weight excluding hydrogens is 502 g/mol. The Morgan fingerprint density at radius 2 is 1.55 bits per heavy atom. The van der Waals surface area contributed by atoms with Crippen molar-refractivity contribution in [3.63, 3.8) is 0 Å². The van der Waals surface area contributed by atoms with Gasteiger partial charge in [-0.2, -0.15) is 0 Å². The third kappa shape index (κ3) is 4.16. The third-order valence-corrected chi connectivity index (χ3v) is 8.23. The minimum atomic E-state index is -0.453. The second kappa shape index (κ2) is 9.97. The normalized spacial score (nSPS) is 22.9. The average molecular weight is 534 g/mol. The van der Waals surface area contributed by atoms with E-state index in [1.165, 1.54) is 4.90 Å². The fraction of sp³-hybridized carbons (Fsp3) is 0.250. The van der Waals surface area contributed by atoms with Crippen LogP contribution in [0.3, 0.4) is 0 Å². The lowest BCUT2D eigenvalue weighted by Gasteiger charge is -2.44. The van der Waals surface area contributed by atoms with Crippen LogP contribution in [0.2, 0.25) is 0 Å². The van der Waals surface area contributed by atoms with E-state index in [0.29, 0.717) is 0 Å². The van der Waals surface area contributed by atoms with Gasteiger partial charge in [0, 0.05) is 25.8 Å². The smallest absolute Gasteiger partial charge is 0.328 e. The molecule has 4 aromatic carbocycles. The molecule has 8 heteroatoms. The second-order valence-corrected chi connectivity index (χ2v) is 10.6. The highest BCUT2D eigenvalue weighted by atomic mass is 16.5. The van der Waals surface area contributed by atoms with Crippen LogP contribution >= 0.6 is 0 Å². The number of amides is 3. The summed E-state index contributed by atoms with van der Waals surface area (Å²) < 4.78 is 5.97. The number of fused-ring (bicyclic) bond motifs is 4. The van der Waals surface area contributed by atoms with Gasteiger partial charge in [-0.1, -0.05) is 60.7 Å². The SMILES string of the molecule is CN1C(=O)N(Cc2cccc3ccccc23)C(=O)C2C1NC1N(c3ccc(Oc4ccccc4)cc3)CCCN21. The zero-order valence-electron chi connectivity index (χ0n) is 22.3. The first-order valence-electron chi connectivity index (χ1n) is 13.7. The number of urea groups is 1. The van der Waals surface area contributed by atoms with Gasteiger partial charge in [0.05, 0.1) is 6.54 Å². The van der Waals surface area contributed by atoms with Crippen LogP contribution in [0.5, 0.6) is 11.5 Å². The maximum Gasteiger partial charge on any atom is 0.328 e. The second-order valence-electron chi connectivity index (χ2n) is 10.6. The van der Waals surface area contributed by atoms with Crippen LogP contribution in [0, 0.1) is 0 Å². The summed E-state index contributed by atoms with van der Waals surface area (Å²) in [6.45, 7) is 1.87. The number of carbonyl (C=O) groups is 2. The minimum absolute atomic E-state index is 0.149. The van der Waals surface area contributed by atoms with E-state index in [0.717, 1.165) is 53.0 Å². The van der Waals surface area contributed by atoms with Crippen LogP contribution in [-0.4, -0.2) is 65.3 Å². The number of anilines is 1. The highest BCUT2D eigenvalue weighted by Crippen LogP contribution is 2.35. The summed E-state index contributed by atoms with van der Waals surface area (Å²) in [5.41, 5.74) is 2.00. The predicted octanol–water partition coefficient (Wildman–Crippen LogP) is 4.82. The molecule has 3 aliphatic heterocycles. The van der Waals surface area contributed by atoms with Crippen molar-refractivity contribution in [2.75, 3.05) is 25.0 Å². The van der Waals surface area contributed by atoms with Gasteiger partial charge in [0.1, 0.15) is 30.0 Å².